The van der Waals surface area contributed by atoms with Crippen molar-refractivity contribution in [1.29, 1.82) is 0 Å². The number of fused-ring (bicyclic) bond motifs is 1. The van der Waals surface area contributed by atoms with E-state index in [0.29, 0.717) is 41.1 Å². The predicted octanol–water partition coefficient (Wildman–Crippen LogP) is 3.95. The molecule has 9 heteroatoms. The highest BCUT2D eigenvalue weighted by atomic mass is 19.4. The van der Waals surface area contributed by atoms with E-state index in [2.05, 4.69) is 22.0 Å². The van der Waals surface area contributed by atoms with Gasteiger partial charge in [-0.15, -0.1) is 0 Å². The van der Waals surface area contributed by atoms with Crippen LogP contribution in [0, 0.1) is 11.8 Å². The fourth-order valence-corrected chi connectivity index (χ4v) is 5.40. The largest absolute Gasteiger partial charge is 0.419 e. The molecule has 168 valence electrons. The second kappa shape index (κ2) is 7.20. The maximum Gasteiger partial charge on any atom is 0.419 e. The number of hydrogen-bond donors (Lipinski definition) is 1. The molecule has 5 rings (SSSR count). The maximum atomic E-state index is 13.3. The zero-order valence-corrected chi connectivity index (χ0v) is 17.9. The van der Waals surface area contributed by atoms with Gasteiger partial charge in [0.05, 0.1) is 30.5 Å². The highest BCUT2D eigenvalue weighted by Gasteiger charge is 2.59. The Morgan fingerprint density at radius 2 is 1.84 bits per heavy atom. The lowest BCUT2D eigenvalue weighted by Crippen LogP contribution is -2.51. The molecule has 2 aromatic rings. The molecule has 31 heavy (non-hydrogen) atoms. The monoisotopic (exact) mass is 435 g/mol. The minimum atomic E-state index is -4.55. The molecule has 0 bridgehead atoms. The molecular weight excluding hydrogens is 407 g/mol. The molecule has 0 aromatic carbocycles. The summed E-state index contributed by atoms with van der Waals surface area (Å²) in [5.74, 6) is 1.15. The second-order valence-electron chi connectivity index (χ2n) is 9.48. The lowest BCUT2D eigenvalue weighted by atomic mass is 10.0. The molecular formula is C22H28F3N5O. The van der Waals surface area contributed by atoms with Crippen LogP contribution in [0.1, 0.15) is 49.9 Å². The van der Waals surface area contributed by atoms with Gasteiger partial charge in [-0.05, 0) is 57.7 Å². The van der Waals surface area contributed by atoms with E-state index >= 15 is 0 Å². The number of rotatable bonds is 5. The molecule has 3 heterocycles. The van der Waals surface area contributed by atoms with Gasteiger partial charge in [-0.25, -0.2) is 4.98 Å². The third-order valence-electron chi connectivity index (χ3n) is 7.31. The summed E-state index contributed by atoms with van der Waals surface area (Å²) >= 11 is 0. The first-order valence-corrected chi connectivity index (χ1v) is 10.9. The first-order chi connectivity index (χ1) is 14.6. The molecule has 0 amide bonds. The number of aromatic nitrogens is 3. The Bertz CT molecular complexity index is 972. The van der Waals surface area contributed by atoms with E-state index in [1.807, 2.05) is 24.6 Å². The number of nitrogens with zero attached hydrogens (tertiary/aromatic N) is 4. The number of nitrogens with two attached hydrogens (primary N) is 1. The number of nitrogen functional groups attached to an aromatic ring is 1. The van der Waals surface area contributed by atoms with Crippen molar-refractivity contribution in [1.82, 2.24) is 19.7 Å². The quantitative estimate of drug-likeness (QED) is 0.770. The van der Waals surface area contributed by atoms with Gasteiger partial charge in [0.25, 0.3) is 0 Å². The minimum absolute atomic E-state index is 0.125. The van der Waals surface area contributed by atoms with Crippen molar-refractivity contribution in [3.8, 4) is 11.3 Å². The van der Waals surface area contributed by atoms with E-state index in [1.165, 1.54) is 6.20 Å². The van der Waals surface area contributed by atoms with Gasteiger partial charge in [-0.1, -0.05) is 0 Å². The number of halogens is 3. The van der Waals surface area contributed by atoms with Crippen LogP contribution in [-0.4, -0.2) is 52.0 Å². The summed E-state index contributed by atoms with van der Waals surface area (Å²) in [6, 6.07) is 4.26. The molecule has 0 radical (unpaired) electrons. The highest BCUT2D eigenvalue weighted by Crippen LogP contribution is 2.64. The highest BCUT2D eigenvalue weighted by molar-refractivity contribution is 5.63. The number of anilines is 1. The van der Waals surface area contributed by atoms with Crippen molar-refractivity contribution in [2.45, 2.75) is 56.9 Å². The molecule has 2 aromatic heterocycles. The lowest BCUT2D eigenvalue weighted by Gasteiger charge is -2.39. The molecule has 1 saturated heterocycles. The second-order valence-corrected chi connectivity index (χ2v) is 9.48. The SMILES string of the molecule is CC(C)n1nc(-c2cnc(N)c(C(F)(F)F)c2)cc1C1[C@H]2CC(N(C)C3COC3)C[C@@H]12. The van der Waals surface area contributed by atoms with Crippen molar-refractivity contribution < 1.29 is 17.9 Å². The third-order valence-corrected chi connectivity index (χ3v) is 7.31. The van der Waals surface area contributed by atoms with Crippen molar-refractivity contribution in [3.63, 3.8) is 0 Å². The Kier molecular flexibility index (Phi) is 4.82. The lowest BCUT2D eigenvalue weighted by molar-refractivity contribution is -0.137. The predicted molar refractivity (Wildman–Crippen MR) is 110 cm³/mol. The van der Waals surface area contributed by atoms with Crippen LogP contribution in [-0.2, 0) is 10.9 Å². The van der Waals surface area contributed by atoms with Gasteiger partial charge in [-0.2, -0.15) is 18.3 Å². The Balaban J connectivity index is 1.39. The zero-order chi connectivity index (χ0) is 22.1. The average molecular weight is 435 g/mol. The molecule has 0 spiro atoms. The van der Waals surface area contributed by atoms with Gasteiger partial charge in [-0.3, -0.25) is 9.58 Å². The number of alkyl halides is 3. The fourth-order valence-electron chi connectivity index (χ4n) is 5.40. The Morgan fingerprint density at radius 1 is 1.16 bits per heavy atom. The average Bonchev–Trinajstić information content (AvgIpc) is 3.03. The van der Waals surface area contributed by atoms with Gasteiger partial charge < -0.3 is 10.5 Å². The van der Waals surface area contributed by atoms with Crippen LogP contribution in [0.25, 0.3) is 11.3 Å². The molecule has 6 nitrogen and oxygen atoms in total. The molecule has 1 aliphatic heterocycles. The van der Waals surface area contributed by atoms with E-state index < -0.39 is 17.6 Å². The van der Waals surface area contributed by atoms with E-state index in [4.69, 9.17) is 10.5 Å². The van der Waals surface area contributed by atoms with Crippen LogP contribution in [0.3, 0.4) is 0 Å². The Hall–Kier alpha value is -2.13. The fraction of sp³-hybridized carbons (Fsp3) is 0.636. The third kappa shape index (κ3) is 3.51. The van der Waals surface area contributed by atoms with E-state index in [0.717, 1.165) is 37.8 Å². The Labute approximate surface area is 179 Å². The van der Waals surface area contributed by atoms with Gasteiger partial charge in [0.15, 0.2) is 0 Å². The molecule has 2 unspecified atom stereocenters. The van der Waals surface area contributed by atoms with Crippen molar-refractivity contribution >= 4 is 5.82 Å². The number of pyridine rings is 1. The summed E-state index contributed by atoms with van der Waals surface area (Å²) < 4.78 is 47.2. The number of likely N-dealkylation sites (N-methyl/N-ethyl adjacent to an activating group) is 1. The summed E-state index contributed by atoms with van der Waals surface area (Å²) in [5, 5.41) is 4.67. The van der Waals surface area contributed by atoms with E-state index in [1.54, 1.807) is 0 Å². The summed E-state index contributed by atoms with van der Waals surface area (Å²) in [4.78, 5) is 6.24. The summed E-state index contributed by atoms with van der Waals surface area (Å²) in [7, 11) is 2.19. The number of hydrogen-bond acceptors (Lipinski definition) is 5. The van der Waals surface area contributed by atoms with Crippen LogP contribution in [0.15, 0.2) is 18.3 Å². The van der Waals surface area contributed by atoms with Crippen molar-refractivity contribution in [2.24, 2.45) is 11.8 Å². The molecule has 2 saturated carbocycles. The van der Waals surface area contributed by atoms with Crippen LogP contribution < -0.4 is 5.73 Å². The van der Waals surface area contributed by atoms with Gasteiger partial charge in [0.1, 0.15) is 5.82 Å². The molecule has 4 atom stereocenters. The smallest absolute Gasteiger partial charge is 0.383 e. The van der Waals surface area contributed by atoms with Gasteiger partial charge in [0, 0.05) is 35.5 Å². The van der Waals surface area contributed by atoms with Crippen LogP contribution in [0.2, 0.25) is 0 Å². The van der Waals surface area contributed by atoms with E-state index in [-0.39, 0.29) is 6.04 Å². The standard InChI is InChI=1S/C22H28F3N5O/c1-11(2)30-19(20-15-5-13(6-16(15)20)29(3)14-9-31-10-14)7-18(28-30)12-4-17(22(23,24)25)21(26)27-8-12/h4,7-8,11,13-16,20H,5-6,9-10H2,1-3H3,(H2,26,27)/t13?,15-,16+,20?. The minimum Gasteiger partial charge on any atom is -0.383 e. The molecule has 2 N–H and O–H groups in total. The molecule has 3 aliphatic rings. The zero-order valence-electron chi connectivity index (χ0n) is 17.9. The topological polar surface area (TPSA) is 69.2 Å². The summed E-state index contributed by atoms with van der Waals surface area (Å²) in [6.07, 6.45) is -0.859. The normalized spacial score (nSPS) is 28.3. The van der Waals surface area contributed by atoms with Crippen LogP contribution in [0.5, 0.6) is 0 Å². The molecule has 3 fully saturated rings. The Morgan fingerprint density at radius 3 is 2.39 bits per heavy atom. The van der Waals surface area contributed by atoms with Crippen LogP contribution in [0.4, 0.5) is 19.0 Å². The van der Waals surface area contributed by atoms with E-state index in [9.17, 15) is 13.2 Å². The summed E-state index contributed by atoms with van der Waals surface area (Å²) in [6.45, 7) is 5.75. The maximum absolute atomic E-state index is 13.3. The first-order valence-electron chi connectivity index (χ1n) is 10.9. The van der Waals surface area contributed by atoms with Gasteiger partial charge in [0.2, 0.25) is 0 Å². The molecule has 2 aliphatic carbocycles. The first kappa shape index (κ1) is 20.8. The van der Waals surface area contributed by atoms with Crippen molar-refractivity contribution in [3.05, 3.63) is 29.6 Å². The van der Waals surface area contributed by atoms with Gasteiger partial charge >= 0.3 is 6.18 Å². The number of ether oxygens (including phenoxy) is 1. The summed E-state index contributed by atoms with van der Waals surface area (Å²) in [5.41, 5.74) is 6.53. The van der Waals surface area contributed by atoms with Crippen molar-refractivity contribution in [2.75, 3.05) is 26.0 Å². The van der Waals surface area contributed by atoms with Crippen LogP contribution >= 0.6 is 0 Å².